The molecule has 5 nitrogen and oxygen atoms in total. The lowest BCUT2D eigenvalue weighted by Gasteiger charge is -2.17. The van der Waals surface area contributed by atoms with Crippen LogP contribution >= 0.6 is 0 Å². The number of benzene rings is 2. The number of rotatable bonds is 8. The molecule has 5 heteroatoms. The first kappa shape index (κ1) is 21.6. The highest BCUT2D eigenvalue weighted by Crippen LogP contribution is 2.17. The molecule has 0 aliphatic rings. The van der Waals surface area contributed by atoms with Crippen molar-refractivity contribution in [1.82, 2.24) is 10.2 Å². The van der Waals surface area contributed by atoms with E-state index in [1.807, 2.05) is 44.0 Å². The Morgan fingerprint density at radius 2 is 1.68 bits per heavy atom. The van der Waals surface area contributed by atoms with E-state index in [4.69, 9.17) is 0 Å². The molecule has 0 fully saturated rings. The molecule has 0 saturated carbocycles. The summed E-state index contributed by atoms with van der Waals surface area (Å²) in [5.74, 6) is 0.110. The second kappa shape index (κ2) is 10.0. The van der Waals surface area contributed by atoms with Crippen LogP contribution in [-0.2, 0) is 16.1 Å². The molecule has 0 unspecified atom stereocenters. The van der Waals surface area contributed by atoms with E-state index in [1.54, 1.807) is 0 Å². The van der Waals surface area contributed by atoms with E-state index in [9.17, 15) is 9.59 Å². The highest BCUT2D eigenvalue weighted by Gasteiger charge is 2.11. The van der Waals surface area contributed by atoms with E-state index in [0.717, 1.165) is 22.4 Å². The van der Waals surface area contributed by atoms with Gasteiger partial charge in [0, 0.05) is 12.2 Å². The minimum Gasteiger partial charge on any atom is -0.346 e. The van der Waals surface area contributed by atoms with Gasteiger partial charge in [-0.2, -0.15) is 0 Å². The van der Waals surface area contributed by atoms with E-state index in [2.05, 4.69) is 48.7 Å². The third kappa shape index (κ3) is 6.50. The fraction of sp³-hybridized carbons (Fsp3) is 0.391. The van der Waals surface area contributed by atoms with Crippen molar-refractivity contribution in [3.63, 3.8) is 0 Å². The van der Waals surface area contributed by atoms with Crippen LogP contribution in [0.4, 0.5) is 5.69 Å². The first-order valence-electron chi connectivity index (χ1n) is 9.66. The Hall–Kier alpha value is -2.66. The minimum atomic E-state index is -0.228. The van der Waals surface area contributed by atoms with Crippen LogP contribution in [0.25, 0.3) is 0 Å². The molecule has 0 heterocycles. The maximum atomic E-state index is 12.1. The van der Waals surface area contributed by atoms with E-state index in [1.165, 1.54) is 5.56 Å². The van der Waals surface area contributed by atoms with Crippen molar-refractivity contribution < 1.29 is 9.59 Å². The van der Waals surface area contributed by atoms with E-state index < -0.39 is 0 Å². The molecule has 2 aromatic rings. The van der Waals surface area contributed by atoms with Gasteiger partial charge in [0.15, 0.2) is 0 Å². The minimum absolute atomic E-state index is 0.0386. The first-order valence-corrected chi connectivity index (χ1v) is 9.66. The van der Waals surface area contributed by atoms with E-state index >= 15 is 0 Å². The highest BCUT2D eigenvalue weighted by atomic mass is 16.2. The Morgan fingerprint density at radius 3 is 2.32 bits per heavy atom. The van der Waals surface area contributed by atoms with Gasteiger partial charge in [-0.3, -0.25) is 14.5 Å². The average Bonchev–Trinajstić information content (AvgIpc) is 2.64. The molecule has 0 aliphatic carbocycles. The number of hydrogen-bond acceptors (Lipinski definition) is 3. The quantitative estimate of drug-likeness (QED) is 0.734. The molecule has 2 N–H and O–H groups in total. The van der Waals surface area contributed by atoms with Crippen LogP contribution in [0.1, 0.15) is 42.0 Å². The molecule has 0 aliphatic heterocycles. The summed E-state index contributed by atoms with van der Waals surface area (Å²) in [7, 11) is 1.89. The number of carbonyl (C=O) groups is 2. The molecule has 0 spiro atoms. The third-order valence-corrected chi connectivity index (χ3v) is 4.84. The van der Waals surface area contributed by atoms with Gasteiger partial charge < -0.3 is 10.6 Å². The molecule has 0 aromatic heterocycles. The number of hydrogen-bond donors (Lipinski definition) is 2. The largest absolute Gasteiger partial charge is 0.346 e. The van der Waals surface area contributed by atoms with Crippen molar-refractivity contribution in [1.29, 1.82) is 0 Å². The Kier molecular flexibility index (Phi) is 7.76. The lowest BCUT2D eigenvalue weighted by atomic mass is 10.0. The fourth-order valence-corrected chi connectivity index (χ4v) is 2.94. The van der Waals surface area contributed by atoms with Crippen LogP contribution in [0.15, 0.2) is 42.5 Å². The summed E-state index contributed by atoms with van der Waals surface area (Å²) in [6, 6.07) is 14.2. The van der Waals surface area contributed by atoms with Crippen molar-refractivity contribution in [2.24, 2.45) is 0 Å². The lowest BCUT2D eigenvalue weighted by Crippen LogP contribution is -2.39. The van der Waals surface area contributed by atoms with E-state index in [0.29, 0.717) is 12.5 Å². The number of likely N-dealkylation sites (N-methyl/N-ethyl adjacent to an activating group) is 1. The topological polar surface area (TPSA) is 61.4 Å². The summed E-state index contributed by atoms with van der Waals surface area (Å²) >= 11 is 0. The van der Waals surface area contributed by atoms with Gasteiger partial charge >= 0.3 is 0 Å². The number of nitrogens with zero attached hydrogens (tertiary/aromatic N) is 1. The molecule has 2 amide bonds. The molecule has 2 aromatic carbocycles. The second-order valence-corrected chi connectivity index (χ2v) is 7.64. The van der Waals surface area contributed by atoms with Gasteiger partial charge in [-0.15, -0.1) is 0 Å². The van der Waals surface area contributed by atoms with Crippen LogP contribution in [0.3, 0.4) is 0 Å². The lowest BCUT2D eigenvalue weighted by molar-refractivity contribution is -0.124. The predicted molar refractivity (Wildman–Crippen MR) is 114 cm³/mol. The Bertz CT molecular complexity index is 813. The normalized spacial score (nSPS) is 11.0. The zero-order valence-electron chi connectivity index (χ0n) is 17.5. The number of anilines is 1. The molecule has 0 radical (unpaired) electrons. The van der Waals surface area contributed by atoms with Gasteiger partial charge in [0.1, 0.15) is 0 Å². The van der Waals surface area contributed by atoms with Crippen LogP contribution in [0.2, 0.25) is 0 Å². The summed E-state index contributed by atoms with van der Waals surface area (Å²) in [6.07, 6.45) is 0. The van der Waals surface area contributed by atoms with Crippen LogP contribution in [0, 0.1) is 13.8 Å². The zero-order valence-corrected chi connectivity index (χ0v) is 17.5. The van der Waals surface area contributed by atoms with E-state index in [-0.39, 0.29) is 24.9 Å². The summed E-state index contributed by atoms with van der Waals surface area (Å²) in [4.78, 5) is 26.2. The summed E-state index contributed by atoms with van der Waals surface area (Å²) in [5, 5.41) is 5.53. The van der Waals surface area contributed by atoms with Crippen LogP contribution in [-0.4, -0.2) is 36.9 Å². The third-order valence-electron chi connectivity index (χ3n) is 4.84. The van der Waals surface area contributed by atoms with Crippen molar-refractivity contribution in [2.45, 2.75) is 40.2 Å². The predicted octanol–water partition coefficient (Wildman–Crippen LogP) is 3.61. The molecule has 28 heavy (non-hydrogen) atoms. The van der Waals surface area contributed by atoms with Gasteiger partial charge in [-0.1, -0.05) is 50.2 Å². The highest BCUT2D eigenvalue weighted by molar-refractivity contribution is 5.95. The summed E-state index contributed by atoms with van der Waals surface area (Å²) in [6.45, 7) is 9.18. The van der Waals surface area contributed by atoms with Gasteiger partial charge in [0.25, 0.3) is 0 Å². The molecule has 0 atom stereocenters. The number of amides is 2. The molecule has 0 bridgehead atoms. The van der Waals surface area contributed by atoms with Crippen molar-refractivity contribution >= 4 is 17.5 Å². The number of nitrogens with one attached hydrogen (secondary N) is 2. The Balaban J connectivity index is 1.76. The smallest absolute Gasteiger partial charge is 0.243 e. The standard InChI is InChI=1S/C23H31N3O2/c1-16(2)20-11-9-19(10-12-20)14-26(5)15-23(28)24-13-22(27)25-21-8-6-7-17(3)18(21)4/h6-12,16H,13-15H2,1-5H3,(H,24,28)(H,25,27). The molecular weight excluding hydrogens is 350 g/mol. The van der Waals surface area contributed by atoms with Gasteiger partial charge in [0.2, 0.25) is 11.8 Å². The molecule has 0 saturated heterocycles. The Labute approximate surface area is 168 Å². The van der Waals surface area contributed by atoms with Crippen LogP contribution < -0.4 is 10.6 Å². The number of carbonyl (C=O) groups excluding carboxylic acids is 2. The maximum absolute atomic E-state index is 12.1. The molecule has 2 rings (SSSR count). The van der Waals surface area contributed by atoms with Gasteiger partial charge in [-0.05, 0) is 55.1 Å². The number of aryl methyl sites for hydroxylation is 1. The molecular formula is C23H31N3O2. The average molecular weight is 382 g/mol. The van der Waals surface area contributed by atoms with Crippen LogP contribution in [0.5, 0.6) is 0 Å². The summed E-state index contributed by atoms with van der Waals surface area (Å²) in [5.41, 5.74) is 5.39. The first-order chi connectivity index (χ1) is 13.3. The van der Waals surface area contributed by atoms with Gasteiger partial charge in [0.05, 0.1) is 13.1 Å². The van der Waals surface area contributed by atoms with Crippen molar-refractivity contribution in [3.05, 3.63) is 64.7 Å². The van der Waals surface area contributed by atoms with Crippen molar-refractivity contribution in [2.75, 3.05) is 25.5 Å². The molecule has 150 valence electrons. The maximum Gasteiger partial charge on any atom is 0.243 e. The van der Waals surface area contributed by atoms with Crippen molar-refractivity contribution in [3.8, 4) is 0 Å². The van der Waals surface area contributed by atoms with Gasteiger partial charge in [-0.25, -0.2) is 0 Å². The fourth-order valence-electron chi connectivity index (χ4n) is 2.94. The SMILES string of the molecule is Cc1cccc(NC(=O)CNC(=O)CN(C)Cc2ccc(C(C)C)cc2)c1C. The zero-order chi connectivity index (χ0) is 20.7. The Morgan fingerprint density at radius 1 is 1.00 bits per heavy atom. The summed E-state index contributed by atoms with van der Waals surface area (Å²) < 4.78 is 0. The second-order valence-electron chi connectivity index (χ2n) is 7.64. The monoisotopic (exact) mass is 381 g/mol.